The molecule has 0 amide bonds. The van der Waals surface area contributed by atoms with Crippen molar-refractivity contribution in [1.29, 1.82) is 0 Å². The number of nitrogens with one attached hydrogen (secondary N) is 1. The number of carbonyl (C=O) groups is 2. The van der Waals surface area contributed by atoms with Crippen LogP contribution in [-0.4, -0.2) is 30.0 Å². The minimum absolute atomic E-state index is 0.0928. The molecule has 160 valence electrons. The van der Waals surface area contributed by atoms with E-state index in [1.807, 2.05) is 38.1 Å². The number of Topliss-reactive ketones (excluding diaryl/α,β-unsaturated/α-hetero) is 1. The summed E-state index contributed by atoms with van der Waals surface area (Å²) in [6.45, 7) is 4.92. The lowest BCUT2D eigenvalue weighted by Gasteiger charge is -2.22. The van der Waals surface area contributed by atoms with Crippen molar-refractivity contribution in [3.63, 3.8) is 0 Å². The van der Waals surface area contributed by atoms with Gasteiger partial charge in [0.05, 0.1) is 13.2 Å². The monoisotopic (exact) mass is 409 g/mol. The van der Waals surface area contributed by atoms with Gasteiger partial charge in [-0.15, -0.1) is 0 Å². The first-order valence-electron chi connectivity index (χ1n) is 11.2. The van der Waals surface area contributed by atoms with E-state index in [-0.39, 0.29) is 17.7 Å². The summed E-state index contributed by atoms with van der Waals surface area (Å²) in [6.07, 6.45) is 7.16. The number of ether oxygens (including phenoxy) is 2. The Labute approximate surface area is 178 Å². The molecule has 1 aromatic heterocycles. The number of rotatable bonds is 6. The first-order chi connectivity index (χ1) is 14.6. The molecule has 0 bridgehead atoms. The molecule has 2 aromatic rings. The van der Waals surface area contributed by atoms with E-state index in [4.69, 9.17) is 9.47 Å². The first kappa shape index (κ1) is 20.7. The molecule has 0 radical (unpaired) electrons. The van der Waals surface area contributed by atoms with Gasteiger partial charge in [-0.25, -0.2) is 4.79 Å². The first-order valence-corrected chi connectivity index (χ1v) is 11.2. The molecule has 0 aliphatic heterocycles. The quantitative estimate of drug-likeness (QED) is 0.651. The Morgan fingerprint density at radius 1 is 1.10 bits per heavy atom. The average Bonchev–Trinajstić information content (AvgIpc) is 3.10. The van der Waals surface area contributed by atoms with Gasteiger partial charge in [-0.1, -0.05) is 31.4 Å². The Kier molecular flexibility index (Phi) is 6.26. The third kappa shape index (κ3) is 4.30. The van der Waals surface area contributed by atoms with Crippen LogP contribution >= 0.6 is 0 Å². The van der Waals surface area contributed by atoms with Crippen molar-refractivity contribution < 1.29 is 19.1 Å². The van der Waals surface area contributed by atoms with Crippen LogP contribution in [-0.2, 0) is 11.2 Å². The molecule has 1 aromatic carbocycles. The number of aromatic amines is 1. The second kappa shape index (κ2) is 9.07. The molecule has 2 aliphatic carbocycles. The van der Waals surface area contributed by atoms with Crippen molar-refractivity contribution in [3.05, 3.63) is 52.3 Å². The van der Waals surface area contributed by atoms with Crippen LogP contribution in [0.2, 0.25) is 0 Å². The maximum atomic E-state index is 12.9. The second-order valence-corrected chi connectivity index (χ2v) is 8.61. The zero-order valence-corrected chi connectivity index (χ0v) is 18.0. The highest BCUT2D eigenvalue weighted by Crippen LogP contribution is 2.36. The van der Waals surface area contributed by atoms with E-state index in [1.54, 1.807) is 0 Å². The molecule has 0 saturated heterocycles. The highest BCUT2D eigenvalue weighted by molar-refractivity contribution is 6.03. The van der Waals surface area contributed by atoms with Gasteiger partial charge in [-0.3, -0.25) is 4.79 Å². The Balaban J connectivity index is 1.47. The van der Waals surface area contributed by atoms with E-state index in [9.17, 15) is 9.59 Å². The molecule has 5 nitrogen and oxygen atoms in total. The lowest BCUT2D eigenvalue weighted by atomic mass is 9.81. The summed E-state index contributed by atoms with van der Waals surface area (Å²) < 4.78 is 11.1. The summed E-state index contributed by atoms with van der Waals surface area (Å²) in [7, 11) is 0. The molecule has 1 fully saturated rings. The Bertz CT molecular complexity index is 906. The van der Waals surface area contributed by atoms with E-state index >= 15 is 0 Å². The maximum absolute atomic E-state index is 12.9. The summed E-state index contributed by atoms with van der Waals surface area (Å²) in [5.41, 5.74) is 3.82. The number of H-pyrrole nitrogens is 1. The summed E-state index contributed by atoms with van der Waals surface area (Å²) in [5.74, 6) is 1.17. The van der Waals surface area contributed by atoms with Gasteiger partial charge in [0.1, 0.15) is 11.4 Å². The molecule has 30 heavy (non-hydrogen) atoms. The van der Waals surface area contributed by atoms with Gasteiger partial charge in [0.15, 0.2) is 5.78 Å². The summed E-state index contributed by atoms with van der Waals surface area (Å²) >= 11 is 0. The van der Waals surface area contributed by atoms with Gasteiger partial charge < -0.3 is 14.5 Å². The fourth-order valence-electron chi connectivity index (χ4n) is 4.90. The smallest absolute Gasteiger partial charge is 0.355 e. The fourth-order valence-corrected chi connectivity index (χ4v) is 4.90. The van der Waals surface area contributed by atoms with E-state index in [0.717, 1.165) is 35.4 Å². The molecule has 1 saturated carbocycles. The zero-order valence-electron chi connectivity index (χ0n) is 18.0. The molecule has 2 aliphatic rings. The number of benzene rings is 1. The van der Waals surface area contributed by atoms with Crippen molar-refractivity contribution in [2.75, 3.05) is 13.2 Å². The number of ketones is 1. The molecule has 0 unspecified atom stereocenters. The number of carbonyl (C=O) groups excluding carboxylic acids is 2. The van der Waals surface area contributed by atoms with Crippen LogP contribution in [0.4, 0.5) is 0 Å². The molecular formula is C25H31NO4. The number of aromatic nitrogens is 1. The topological polar surface area (TPSA) is 68.4 Å². The van der Waals surface area contributed by atoms with Crippen LogP contribution < -0.4 is 4.74 Å². The number of esters is 1. The molecule has 5 heteroatoms. The van der Waals surface area contributed by atoms with Crippen LogP contribution in [0.3, 0.4) is 0 Å². The number of hydrogen-bond acceptors (Lipinski definition) is 4. The molecule has 1 N–H and O–H groups in total. The molecule has 0 spiro atoms. The number of fused-ring (bicyclic) bond motifs is 1. The summed E-state index contributed by atoms with van der Waals surface area (Å²) in [5, 5.41) is 0. The van der Waals surface area contributed by atoms with Crippen LogP contribution in [0, 0.1) is 12.8 Å². The third-order valence-electron chi connectivity index (χ3n) is 6.53. The van der Waals surface area contributed by atoms with Crippen molar-refractivity contribution in [2.45, 2.75) is 64.7 Å². The highest BCUT2D eigenvalue weighted by Gasteiger charge is 2.32. The predicted molar refractivity (Wildman–Crippen MR) is 115 cm³/mol. The Hall–Kier alpha value is -2.56. The normalized spacial score (nSPS) is 19.4. The standard InChI is InChI=1S/C25H31NO4/c1-3-29-20-11-9-18(10-12-20)19-13-21-23(22(27)14-19)16(2)24(26-21)25(28)30-15-17-7-5-4-6-8-17/h9-12,17,19,26H,3-8,13-15H2,1-2H3/t19-/m1/s1. The van der Waals surface area contributed by atoms with Gasteiger partial charge in [0.25, 0.3) is 0 Å². The van der Waals surface area contributed by atoms with Gasteiger partial charge in [0.2, 0.25) is 0 Å². The van der Waals surface area contributed by atoms with E-state index in [0.29, 0.717) is 43.2 Å². The maximum Gasteiger partial charge on any atom is 0.355 e. The minimum atomic E-state index is -0.335. The lowest BCUT2D eigenvalue weighted by Crippen LogP contribution is -2.18. The highest BCUT2D eigenvalue weighted by atomic mass is 16.5. The average molecular weight is 410 g/mol. The largest absolute Gasteiger partial charge is 0.494 e. The predicted octanol–water partition coefficient (Wildman–Crippen LogP) is 5.37. The molecule has 1 heterocycles. The lowest BCUT2D eigenvalue weighted by molar-refractivity contribution is 0.0403. The van der Waals surface area contributed by atoms with E-state index in [1.165, 1.54) is 19.3 Å². The van der Waals surface area contributed by atoms with Crippen LogP contribution in [0.25, 0.3) is 0 Å². The van der Waals surface area contributed by atoms with Gasteiger partial charge in [-0.2, -0.15) is 0 Å². The van der Waals surface area contributed by atoms with E-state index in [2.05, 4.69) is 4.98 Å². The minimum Gasteiger partial charge on any atom is -0.494 e. The van der Waals surface area contributed by atoms with Gasteiger partial charge in [-0.05, 0) is 68.2 Å². The summed E-state index contributed by atoms with van der Waals surface area (Å²) in [6, 6.07) is 7.96. The summed E-state index contributed by atoms with van der Waals surface area (Å²) in [4.78, 5) is 28.8. The third-order valence-corrected chi connectivity index (χ3v) is 6.53. The fraction of sp³-hybridized carbons (Fsp3) is 0.520. The molecule has 1 atom stereocenters. The molecular weight excluding hydrogens is 378 g/mol. The van der Waals surface area contributed by atoms with Gasteiger partial charge in [0, 0.05) is 17.7 Å². The second-order valence-electron chi connectivity index (χ2n) is 8.61. The van der Waals surface area contributed by atoms with Gasteiger partial charge >= 0.3 is 5.97 Å². The van der Waals surface area contributed by atoms with Crippen LogP contribution in [0.15, 0.2) is 24.3 Å². The van der Waals surface area contributed by atoms with E-state index < -0.39 is 0 Å². The van der Waals surface area contributed by atoms with Crippen molar-refractivity contribution in [3.8, 4) is 5.75 Å². The Morgan fingerprint density at radius 2 is 1.83 bits per heavy atom. The van der Waals surface area contributed by atoms with Crippen LogP contribution in [0.5, 0.6) is 5.75 Å². The van der Waals surface area contributed by atoms with Crippen molar-refractivity contribution in [2.24, 2.45) is 5.92 Å². The Morgan fingerprint density at radius 3 is 2.53 bits per heavy atom. The number of hydrogen-bond donors (Lipinski definition) is 1. The van der Waals surface area contributed by atoms with Crippen molar-refractivity contribution >= 4 is 11.8 Å². The SMILES string of the molecule is CCOc1ccc([C@H]2CC(=O)c3c([nH]c(C(=O)OCC4CCCCC4)c3C)C2)cc1. The zero-order chi connectivity index (χ0) is 21.1. The van der Waals surface area contributed by atoms with Crippen LogP contribution in [0.1, 0.15) is 89.0 Å². The molecule has 4 rings (SSSR count). The van der Waals surface area contributed by atoms with Crippen molar-refractivity contribution in [1.82, 2.24) is 4.98 Å².